The second-order valence-electron chi connectivity index (χ2n) is 3.73. The molecule has 0 radical (unpaired) electrons. The van der Waals surface area contributed by atoms with E-state index < -0.39 is 0 Å². The van der Waals surface area contributed by atoms with Gasteiger partial charge in [0.1, 0.15) is 11.4 Å². The summed E-state index contributed by atoms with van der Waals surface area (Å²) in [5.74, 6) is 0.798. The number of aromatic nitrogens is 1. The highest BCUT2D eigenvalue weighted by molar-refractivity contribution is 5.92. The van der Waals surface area contributed by atoms with Gasteiger partial charge in [0.25, 0.3) is 0 Å². The molecule has 0 atom stereocenters. The summed E-state index contributed by atoms with van der Waals surface area (Å²) >= 11 is 0. The first-order chi connectivity index (χ1) is 8.40. The van der Waals surface area contributed by atoms with E-state index in [0.717, 1.165) is 28.0 Å². The zero-order valence-electron chi connectivity index (χ0n) is 9.38. The van der Waals surface area contributed by atoms with Crippen LogP contribution in [0.3, 0.4) is 0 Å². The summed E-state index contributed by atoms with van der Waals surface area (Å²) in [7, 11) is 1.65. The number of methoxy groups -OCH3 is 1. The molecule has 0 N–H and O–H groups in total. The van der Waals surface area contributed by atoms with Gasteiger partial charge < -0.3 is 9.26 Å². The van der Waals surface area contributed by atoms with E-state index in [1.807, 2.05) is 48.5 Å². The van der Waals surface area contributed by atoms with Crippen LogP contribution in [0, 0.1) is 0 Å². The van der Waals surface area contributed by atoms with Crippen LogP contribution in [0.4, 0.5) is 0 Å². The summed E-state index contributed by atoms with van der Waals surface area (Å²) in [5, 5.41) is 5.12. The van der Waals surface area contributed by atoms with Crippen molar-refractivity contribution in [3.8, 4) is 17.0 Å². The van der Waals surface area contributed by atoms with E-state index in [0.29, 0.717) is 0 Å². The maximum Gasteiger partial charge on any atom is 0.167 e. The lowest BCUT2D eigenvalue weighted by molar-refractivity contribution is 0.415. The minimum Gasteiger partial charge on any atom is -0.496 e. The Bertz CT molecular complexity index is 658. The number of hydrogen-bond donors (Lipinski definition) is 0. The second-order valence-corrected chi connectivity index (χ2v) is 3.73. The highest BCUT2D eigenvalue weighted by Gasteiger charge is 2.13. The predicted molar refractivity (Wildman–Crippen MR) is 66.0 cm³/mol. The van der Waals surface area contributed by atoms with Crippen molar-refractivity contribution >= 4 is 11.0 Å². The van der Waals surface area contributed by atoms with Gasteiger partial charge in [-0.1, -0.05) is 29.4 Å². The topological polar surface area (TPSA) is 35.3 Å². The molecule has 0 amide bonds. The molecular formula is C14H11NO2. The van der Waals surface area contributed by atoms with Crippen LogP contribution in [-0.4, -0.2) is 12.3 Å². The Morgan fingerprint density at radius 2 is 1.76 bits per heavy atom. The molecule has 1 heterocycles. The molecule has 0 spiro atoms. The van der Waals surface area contributed by atoms with Crippen LogP contribution >= 0.6 is 0 Å². The maximum absolute atomic E-state index is 5.34. The summed E-state index contributed by atoms with van der Waals surface area (Å²) < 4.78 is 10.6. The van der Waals surface area contributed by atoms with Crippen molar-refractivity contribution < 1.29 is 9.26 Å². The van der Waals surface area contributed by atoms with Gasteiger partial charge >= 0.3 is 0 Å². The Morgan fingerprint density at radius 1 is 1.00 bits per heavy atom. The van der Waals surface area contributed by atoms with E-state index in [4.69, 9.17) is 9.26 Å². The SMILES string of the molecule is COc1ccccc1-c1noc2ccccc12. The first kappa shape index (κ1) is 9.90. The number of rotatable bonds is 2. The van der Waals surface area contributed by atoms with Crippen molar-refractivity contribution in [3.63, 3.8) is 0 Å². The minimum absolute atomic E-state index is 0.786. The molecule has 0 aliphatic rings. The van der Waals surface area contributed by atoms with Crippen LogP contribution in [0.2, 0.25) is 0 Å². The summed E-state index contributed by atoms with van der Waals surface area (Å²) in [4.78, 5) is 0. The van der Waals surface area contributed by atoms with Gasteiger partial charge in [0.2, 0.25) is 0 Å². The summed E-state index contributed by atoms with van der Waals surface area (Å²) in [6.07, 6.45) is 0. The van der Waals surface area contributed by atoms with Crippen LogP contribution in [0.15, 0.2) is 53.1 Å². The largest absolute Gasteiger partial charge is 0.496 e. The van der Waals surface area contributed by atoms with Crippen molar-refractivity contribution in [3.05, 3.63) is 48.5 Å². The zero-order valence-corrected chi connectivity index (χ0v) is 9.38. The fourth-order valence-corrected chi connectivity index (χ4v) is 1.92. The summed E-state index contributed by atoms with van der Waals surface area (Å²) in [6, 6.07) is 15.6. The number of benzene rings is 2. The highest BCUT2D eigenvalue weighted by atomic mass is 16.5. The molecule has 1 aromatic heterocycles. The molecule has 0 fully saturated rings. The van der Waals surface area contributed by atoms with Crippen LogP contribution < -0.4 is 4.74 Å². The van der Waals surface area contributed by atoms with E-state index >= 15 is 0 Å². The molecular weight excluding hydrogens is 214 g/mol. The van der Waals surface area contributed by atoms with Crippen LogP contribution in [0.1, 0.15) is 0 Å². The van der Waals surface area contributed by atoms with Gasteiger partial charge in [-0.15, -0.1) is 0 Å². The quantitative estimate of drug-likeness (QED) is 0.669. The van der Waals surface area contributed by atoms with E-state index in [-0.39, 0.29) is 0 Å². The molecule has 3 aromatic rings. The molecule has 0 saturated carbocycles. The first-order valence-corrected chi connectivity index (χ1v) is 5.38. The molecule has 2 aromatic carbocycles. The van der Waals surface area contributed by atoms with Gasteiger partial charge in [0.15, 0.2) is 5.58 Å². The number of ether oxygens (including phenoxy) is 1. The monoisotopic (exact) mass is 225 g/mol. The molecule has 84 valence electrons. The third kappa shape index (κ3) is 1.56. The summed E-state index contributed by atoms with van der Waals surface area (Å²) in [6.45, 7) is 0. The van der Waals surface area contributed by atoms with Crippen molar-refractivity contribution in [2.45, 2.75) is 0 Å². The Morgan fingerprint density at radius 3 is 2.65 bits per heavy atom. The number of nitrogens with zero attached hydrogens (tertiary/aromatic N) is 1. The van der Waals surface area contributed by atoms with Crippen LogP contribution in [-0.2, 0) is 0 Å². The number of fused-ring (bicyclic) bond motifs is 1. The van der Waals surface area contributed by atoms with Crippen molar-refractivity contribution in [1.29, 1.82) is 0 Å². The standard InChI is InChI=1S/C14H11NO2/c1-16-12-8-4-2-6-10(12)14-11-7-3-5-9-13(11)17-15-14/h2-9H,1H3. The van der Waals surface area contributed by atoms with Crippen molar-refractivity contribution in [2.75, 3.05) is 7.11 Å². The van der Waals surface area contributed by atoms with Crippen molar-refractivity contribution in [2.24, 2.45) is 0 Å². The van der Waals surface area contributed by atoms with Gasteiger partial charge in [-0.25, -0.2) is 0 Å². The van der Waals surface area contributed by atoms with Gasteiger partial charge in [0.05, 0.1) is 7.11 Å². The summed E-state index contributed by atoms with van der Waals surface area (Å²) in [5.41, 5.74) is 2.55. The fourth-order valence-electron chi connectivity index (χ4n) is 1.92. The third-order valence-corrected chi connectivity index (χ3v) is 2.74. The molecule has 0 bridgehead atoms. The second kappa shape index (κ2) is 3.94. The average Bonchev–Trinajstić information content (AvgIpc) is 2.82. The first-order valence-electron chi connectivity index (χ1n) is 5.38. The molecule has 3 nitrogen and oxygen atoms in total. The lowest BCUT2D eigenvalue weighted by Gasteiger charge is -2.04. The Kier molecular flexibility index (Phi) is 2.29. The Balaban J connectivity index is 2.27. The molecule has 17 heavy (non-hydrogen) atoms. The van der Waals surface area contributed by atoms with Gasteiger partial charge in [-0.05, 0) is 24.3 Å². The molecule has 0 aliphatic carbocycles. The molecule has 3 rings (SSSR count). The van der Waals surface area contributed by atoms with E-state index in [9.17, 15) is 0 Å². The lowest BCUT2D eigenvalue weighted by Crippen LogP contribution is -1.87. The van der Waals surface area contributed by atoms with Gasteiger partial charge in [-0.3, -0.25) is 0 Å². The number of para-hydroxylation sites is 2. The number of hydrogen-bond acceptors (Lipinski definition) is 3. The van der Waals surface area contributed by atoms with Crippen LogP contribution in [0.25, 0.3) is 22.2 Å². The molecule has 0 aliphatic heterocycles. The van der Waals surface area contributed by atoms with Gasteiger partial charge in [-0.2, -0.15) is 0 Å². The normalized spacial score (nSPS) is 10.6. The average molecular weight is 225 g/mol. The maximum atomic E-state index is 5.34. The smallest absolute Gasteiger partial charge is 0.167 e. The zero-order chi connectivity index (χ0) is 11.7. The van der Waals surface area contributed by atoms with E-state index in [1.165, 1.54) is 0 Å². The Labute approximate surface area is 98.6 Å². The molecule has 0 saturated heterocycles. The Hall–Kier alpha value is -2.29. The molecule has 0 unspecified atom stereocenters. The van der Waals surface area contributed by atoms with E-state index in [2.05, 4.69) is 5.16 Å². The predicted octanol–water partition coefficient (Wildman–Crippen LogP) is 3.50. The molecule has 3 heteroatoms. The van der Waals surface area contributed by atoms with Gasteiger partial charge in [0, 0.05) is 10.9 Å². The highest BCUT2D eigenvalue weighted by Crippen LogP contribution is 2.33. The van der Waals surface area contributed by atoms with Crippen molar-refractivity contribution in [1.82, 2.24) is 5.16 Å². The van der Waals surface area contributed by atoms with Crippen LogP contribution in [0.5, 0.6) is 5.75 Å². The van der Waals surface area contributed by atoms with E-state index in [1.54, 1.807) is 7.11 Å². The minimum atomic E-state index is 0.786. The lowest BCUT2D eigenvalue weighted by atomic mass is 10.1. The fraction of sp³-hybridized carbons (Fsp3) is 0.0714. The third-order valence-electron chi connectivity index (χ3n) is 2.74.